The van der Waals surface area contributed by atoms with Crippen LogP contribution in [0.4, 0.5) is 4.39 Å². The average Bonchev–Trinajstić information content (AvgIpc) is 2.34. The van der Waals surface area contributed by atoms with Crippen LogP contribution in [0, 0.1) is 17.7 Å². The summed E-state index contributed by atoms with van der Waals surface area (Å²) >= 11 is 0. The first-order valence-corrected chi connectivity index (χ1v) is 8.84. The molecule has 0 saturated carbocycles. The van der Waals surface area contributed by atoms with Crippen LogP contribution in [0.25, 0.3) is 0 Å². The molecule has 0 heterocycles. The van der Waals surface area contributed by atoms with Crippen LogP contribution in [0.2, 0.25) is 0 Å². The molecule has 0 aliphatic rings. The van der Waals surface area contributed by atoms with Crippen LogP contribution >= 0.6 is 0 Å². The van der Waals surface area contributed by atoms with E-state index in [1.54, 1.807) is 0 Å². The van der Waals surface area contributed by atoms with E-state index in [-0.39, 0.29) is 17.0 Å². The topological polar surface area (TPSA) is 132 Å². The third kappa shape index (κ3) is 5.78. The molecule has 10 heteroatoms. The summed E-state index contributed by atoms with van der Waals surface area (Å²) in [6.45, 7) is -0.419. The van der Waals surface area contributed by atoms with Gasteiger partial charge in [-0.25, -0.2) is 31.1 Å². The fourth-order valence-electron chi connectivity index (χ4n) is 1.38. The second kappa shape index (κ2) is 6.97. The zero-order chi connectivity index (χ0) is 16.1. The molecule has 0 aliphatic carbocycles. The number of benzene rings is 1. The summed E-state index contributed by atoms with van der Waals surface area (Å²) in [7, 11) is -7.83. The summed E-state index contributed by atoms with van der Waals surface area (Å²) in [5, 5.41) is 4.77. The fraction of sp³-hybridized carbons (Fsp3) is 0.273. The highest BCUT2D eigenvalue weighted by Gasteiger charge is 2.18. The van der Waals surface area contributed by atoms with E-state index in [9.17, 15) is 21.2 Å². The Kier molecular flexibility index (Phi) is 5.82. The van der Waals surface area contributed by atoms with Gasteiger partial charge in [0.25, 0.3) is 0 Å². The van der Waals surface area contributed by atoms with Crippen molar-refractivity contribution >= 4 is 20.0 Å². The van der Waals surface area contributed by atoms with Gasteiger partial charge in [0, 0.05) is 12.1 Å². The summed E-state index contributed by atoms with van der Waals surface area (Å²) in [5.74, 6) is 3.67. The average molecular weight is 335 g/mol. The molecule has 21 heavy (non-hydrogen) atoms. The predicted octanol–water partition coefficient (Wildman–Crippen LogP) is -1.30. The molecule has 1 rings (SSSR count). The van der Waals surface area contributed by atoms with Crippen molar-refractivity contribution in [2.45, 2.75) is 4.90 Å². The smallest absolute Gasteiger partial charge is 0.241 e. The van der Waals surface area contributed by atoms with Gasteiger partial charge >= 0.3 is 0 Å². The molecule has 0 radical (unpaired) electrons. The number of rotatable bonds is 5. The largest absolute Gasteiger partial charge is 0.320 e. The molecular formula is C11H14FN3O4S2. The monoisotopic (exact) mass is 335 g/mol. The van der Waals surface area contributed by atoms with Crippen molar-refractivity contribution in [1.82, 2.24) is 4.72 Å². The van der Waals surface area contributed by atoms with E-state index in [0.29, 0.717) is 0 Å². The van der Waals surface area contributed by atoms with E-state index >= 15 is 0 Å². The SMILES string of the molecule is NCC#Cc1cc(F)ccc1S(=O)(=O)NCCS(N)(=O)=O. The van der Waals surface area contributed by atoms with E-state index in [2.05, 4.69) is 16.6 Å². The van der Waals surface area contributed by atoms with Crippen LogP contribution in [0.5, 0.6) is 0 Å². The number of hydrogen-bond acceptors (Lipinski definition) is 5. The minimum absolute atomic E-state index is 0.0190. The van der Waals surface area contributed by atoms with Crippen LogP contribution in [0.1, 0.15) is 5.56 Å². The molecule has 5 N–H and O–H groups in total. The quantitative estimate of drug-likeness (QED) is 0.576. The standard InChI is InChI=1S/C11H14FN3O4S2/c12-10-3-4-11(9(8-10)2-1-5-13)21(18,19)15-6-7-20(14,16)17/h3-4,8,15H,5-7,13H2,(H2,14,16,17). The van der Waals surface area contributed by atoms with Gasteiger partial charge in [0.15, 0.2) is 0 Å². The van der Waals surface area contributed by atoms with E-state index < -0.39 is 38.2 Å². The molecule has 0 unspecified atom stereocenters. The summed E-state index contributed by atoms with van der Waals surface area (Å²) in [5.41, 5.74) is 5.12. The lowest BCUT2D eigenvalue weighted by atomic mass is 10.2. The highest BCUT2D eigenvalue weighted by molar-refractivity contribution is 7.90. The van der Waals surface area contributed by atoms with Crippen molar-refractivity contribution in [3.05, 3.63) is 29.6 Å². The van der Waals surface area contributed by atoms with Crippen molar-refractivity contribution in [2.75, 3.05) is 18.8 Å². The van der Waals surface area contributed by atoms with E-state index in [1.165, 1.54) is 0 Å². The highest BCUT2D eigenvalue weighted by atomic mass is 32.2. The number of primary sulfonamides is 1. The molecule has 0 aliphatic heterocycles. The number of sulfonamides is 2. The number of nitrogens with two attached hydrogens (primary N) is 2. The second-order valence-corrected chi connectivity index (χ2v) is 7.38. The molecule has 7 nitrogen and oxygen atoms in total. The lowest BCUT2D eigenvalue weighted by molar-refractivity contribution is 0.580. The molecule has 0 amide bonds. The van der Waals surface area contributed by atoms with Crippen LogP contribution in [-0.2, 0) is 20.0 Å². The first-order chi connectivity index (χ1) is 9.65. The molecule has 0 spiro atoms. The van der Waals surface area contributed by atoms with Crippen LogP contribution in [-0.4, -0.2) is 35.7 Å². The maximum Gasteiger partial charge on any atom is 0.241 e. The molecule has 0 atom stereocenters. The Labute approximate surface area is 122 Å². The molecule has 0 saturated heterocycles. The number of halogens is 1. The Morgan fingerprint density at radius 3 is 2.48 bits per heavy atom. The zero-order valence-electron chi connectivity index (χ0n) is 10.8. The van der Waals surface area contributed by atoms with Crippen molar-refractivity contribution in [3.8, 4) is 11.8 Å². The van der Waals surface area contributed by atoms with Gasteiger partial charge in [0.1, 0.15) is 5.82 Å². The Morgan fingerprint density at radius 1 is 1.24 bits per heavy atom. The first kappa shape index (κ1) is 17.5. The summed E-state index contributed by atoms with van der Waals surface area (Å²) in [4.78, 5) is -0.265. The lowest BCUT2D eigenvalue weighted by Crippen LogP contribution is -2.31. The molecule has 1 aromatic rings. The third-order valence-corrected chi connectivity index (χ3v) is 4.53. The summed E-state index contributed by atoms with van der Waals surface area (Å²) in [6, 6.07) is 2.95. The molecular weight excluding hydrogens is 321 g/mol. The van der Waals surface area contributed by atoms with Crippen LogP contribution in [0.3, 0.4) is 0 Å². The fourth-order valence-corrected chi connectivity index (χ4v) is 3.07. The van der Waals surface area contributed by atoms with Crippen molar-refractivity contribution < 1.29 is 21.2 Å². The van der Waals surface area contributed by atoms with Crippen LogP contribution < -0.4 is 15.6 Å². The minimum Gasteiger partial charge on any atom is -0.320 e. The maximum absolute atomic E-state index is 13.2. The predicted molar refractivity (Wildman–Crippen MR) is 75.5 cm³/mol. The van der Waals surface area contributed by atoms with Crippen molar-refractivity contribution in [2.24, 2.45) is 10.9 Å². The number of nitrogens with one attached hydrogen (secondary N) is 1. The van der Waals surface area contributed by atoms with E-state index in [4.69, 9.17) is 10.9 Å². The summed E-state index contributed by atoms with van der Waals surface area (Å²) in [6.07, 6.45) is 0. The Bertz CT molecular complexity index is 779. The first-order valence-electron chi connectivity index (χ1n) is 5.64. The molecule has 116 valence electrons. The Hall–Kier alpha value is -1.51. The molecule has 0 aromatic heterocycles. The van der Waals surface area contributed by atoms with Crippen molar-refractivity contribution in [3.63, 3.8) is 0 Å². The van der Waals surface area contributed by atoms with Gasteiger partial charge in [-0.2, -0.15) is 0 Å². The van der Waals surface area contributed by atoms with Gasteiger partial charge in [-0.05, 0) is 18.2 Å². The zero-order valence-corrected chi connectivity index (χ0v) is 12.5. The third-order valence-electron chi connectivity index (χ3n) is 2.23. The highest BCUT2D eigenvalue weighted by Crippen LogP contribution is 2.16. The molecule has 0 fully saturated rings. The van der Waals surface area contributed by atoms with E-state index in [1.807, 2.05) is 0 Å². The van der Waals surface area contributed by atoms with Crippen LogP contribution in [0.15, 0.2) is 23.1 Å². The van der Waals surface area contributed by atoms with Gasteiger partial charge in [-0.1, -0.05) is 11.8 Å². The van der Waals surface area contributed by atoms with E-state index in [0.717, 1.165) is 18.2 Å². The number of hydrogen-bond donors (Lipinski definition) is 3. The Morgan fingerprint density at radius 2 is 1.90 bits per heavy atom. The maximum atomic E-state index is 13.2. The molecule has 0 bridgehead atoms. The van der Waals surface area contributed by atoms with Gasteiger partial charge in [0.2, 0.25) is 20.0 Å². The van der Waals surface area contributed by atoms with Crippen molar-refractivity contribution in [1.29, 1.82) is 0 Å². The van der Waals surface area contributed by atoms with Gasteiger partial charge in [0.05, 0.1) is 17.2 Å². The Balaban J connectivity index is 3.08. The van der Waals surface area contributed by atoms with Gasteiger partial charge < -0.3 is 5.73 Å². The normalized spacial score (nSPS) is 11.8. The second-order valence-electron chi connectivity index (χ2n) is 3.91. The summed E-state index contributed by atoms with van der Waals surface area (Å²) < 4.78 is 60.8. The van der Waals surface area contributed by atoms with Gasteiger partial charge in [-0.3, -0.25) is 0 Å². The lowest BCUT2D eigenvalue weighted by Gasteiger charge is -2.08. The molecule has 1 aromatic carbocycles. The van der Waals surface area contributed by atoms with Gasteiger partial charge in [-0.15, -0.1) is 0 Å². The minimum atomic E-state index is -4.04.